The Morgan fingerprint density at radius 3 is 2.62 bits per heavy atom. The molecule has 0 fully saturated rings. The Morgan fingerprint density at radius 1 is 1.38 bits per heavy atom. The molecule has 0 spiro atoms. The van der Waals surface area contributed by atoms with Crippen LogP contribution in [0.25, 0.3) is 0 Å². The Hall–Kier alpha value is -1.23. The molecule has 0 aliphatic heterocycles. The fourth-order valence-electron chi connectivity index (χ4n) is 1.45. The maximum absolute atomic E-state index is 11.1. The van der Waals surface area contributed by atoms with E-state index in [-0.39, 0.29) is 18.8 Å². The molecule has 4 nitrogen and oxygen atoms in total. The third-order valence-electron chi connectivity index (χ3n) is 2.42. The molecule has 3 N–H and O–H groups in total. The number of aliphatic hydroxyl groups is 3. The first kappa shape index (κ1) is 12.8. The lowest BCUT2D eigenvalue weighted by molar-refractivity contribution is 0.00418. The zero-order chi connectivity index (χ0) is 12.1. The average Bonchev–Trinajstić information content (AvgIpc) is 2.28. The Bertz CT molecular complexity index is 362. The van der Waals surface area contributed by atoms with E-state index in [0.29, 0.717) is 11.1 Å². The van der Waals surface area contributed by atoms with Crippen LogP contribution < -0.4 is 0 Å². The van der Waals surface area contributed by atoms with Crippen molar-refractivity contribution in [2.45, 2.75) is 25.6 Å². The predicted molar refractivity (Wildman–Crippen MR) is 59.1 cm³/mol. The first-order valence-corrected chi connectivity index (χ1v) is 5.14. The topological polar surface area (TPSA) is 77.8 Å². The van der Waals surface area contributed by atoms with E-state index < -0.39 is 12.2 Å². The lowest BCUT2D eigenvalue weighted by Gasteiger charge is -2.17. The minimum atomic E-state index is -1.08. The highest BCUT2D eigenvalue weighted by molar-refractivity contribution is 5.94. The highest BCUT2D eigenvalue weighted by atomic mass is 16.3. The number of benzene rings is 1. The molecule has 0 aliphatic carbocycles. The summed E-state index contributed by atoms with van der Waals surface area (Å²) in [7, 11) is 0. The van der Waals surface area contributed by atoms with Crippen LogP contribution in [-0.2, 0) is 0 Å². The number of rotatable bonds is 5. The molecule has 0 saturated carbocycles. The van der Waals surface area contributed by atoms with Crippen molar-refractivity contribution in [1.29, 1.82) is 0 Å². The number of carbonyl (C=O) groups is 1. The van der Waals surface area contributed by atoms with Gasteiger partial charge < -0.3 is 15.3 Å². The molecule has 0 saturated heterocycles. The summed E-state index contributed by atoms with van der Waals surface area (Å²) in [6, 6.07) is 6.49. The van der Waals surface area contributed by atoms with Crippen molar-refractivity contribution in [3.8, 4) is 0 Å². The van der Waals surface area contributed by atoms with Crippen molar-refractivity contribution in [2.24, 2.45) is 0 Å². The molecule has 0 bridgehead atoms. The Kier molecular flexibility index (Phi) is 4.61. The van der Waals surface area contributed by atoms with E-state index in [1.807, 2.05) is 0 Å². The third-order valence-corrected chi connectivity index (χ3v) is 2.42. The largest absolute Gasteiger partial charge is 0.396 e. The van der Waals surface area contributed by atoms with Gasteiger partial charge in [0.1, 0.15) is 6.10 Å². The Labute approximate surface area is 94.2 Å². The number of hydrogen-bond acceptors (Lipinski definition) is 4. The number of hydrogen-bond donors (Lipinski definition) is 3. The van der Waals surface area contributed by atoms with Gasteiger partial charge in [-0.15, -0.1) is 0 Å². The molecule has 2 atom stereocenters. The van der Waals surface area contributed by atoms with Crippen LogP contribution in [0.1, 0.15) is 35.4 Å². The second-order valence-corrected chi connectivity index (χ2v) is 3.71. The fourth-order valence-corrected chi connectivity index (χ4v) is 1.45. The monoisotopic (exact) mass is 224 g/mol. The van der Waals surface area contributed by atoms with Crippen molar-refractivity contribution in [3.05, 3.63) is 35.4 Å². The van der Waals surface area contributed by atoms with E-state index in [1.54, 1.807) is 24.3 Å². The molecule has 0 aliphatic rings. The van der Waals surface area contributed by atoms with Gasteiger partial charge in [-0.2, -0.15) is 0 Å². The highest BCUT2D eigenvalue weighted by Crippen LogP contribution is 2.20. The van der Waals surface area contributed by atoms with Crippen molar-refractivity contribution in [3.63, 3.8) is 0 Å². The van der Waals surface area contributed by atoms with Crippen LogP contribution in [0.15, 0.2) is 24.3 Å². The Morgan fingerprint density at radius 2 is 2.06 bits per heavy atom. The molecule has 0 heterocycles. The maximum atomic E-state index is 11.1. The van der Waals surface area contributed by atoms with Gasteiger partial charge in [-0.3, -0.25) is 4.79 Å². The summed E-state index contributed by atoms with van der Waals surface area (Å²) < 4.78 is 0. The smallest absolute Gasteiger partial charge is 0.159 e. The van der Waals surface area contributed by atoms with E-state index in [1.165, 1.54) is 6.92 Å². The molecule has 0 radical (unpaired) electrons. The summed E-state index contributed by atoms with van der Waals surface area (Å²) >= 11 is 0. The summed E-state index contributed by atoms with van der Waals surface area (Å²) in [4.78, 5) is 11.1. The minimum Gasteiger partial charge on any atom is -0.396 e. The lowest BCUT2D eigenvalue weighted by atomic mass is 9.99. The average molecular weight is 224 g/mol. The van der Waals surface area contributed by atoms with E-state index in [0.717, 1.165) is 0 Å². The predicted octanol–water partition coefficient (Wildman–Crippen LogP) is 0.666. The second-order valence-electron chi connectivity index (χ2n) is 3.71. The summed E-state index contributed by atoms with van der Waals surface area (Å²) in [6.07, 6.45) is -2.00. The van der Waals surface area contributed by atoms with Crippen molar-refractivity contribution >= 4 is 5.78 Å². The SMILES string of the molecule is CC(=O)c1cccc(C(O)C(O)CCO)c1. The van der Waals surface area contributed by atoms with E-state index in [2.05, 4.69) is 0 Å². The molecule has 1 aromatic rings. The molecule has 2 unspecified atom stereocenters. The van der Waals surface area contributed by atoms with E-state index in [9.17, 15) is 15.0 Å². The molecule has 88 valence electrons. The van der Waals surface area contributed by atoms with Gasteiger partial charge >= 0.3 is 0 Å². The molecule has 1 rings (SSSR count). The van der Waals surface area contributed by atoms with Gasteiger partial charge in [0, 0.05) is 12.2 Å². The van der Waals surface area contributed by atoms with Gasteiger partial charge in [0.25, 0.3) is 0 Å². The van der Waals surface area contributed by atoms with Crippen LogP contribution in [0.4, 0.5) is 0 Å². The first-order chi connectivity index (χ1) is 7.56. The van der Waals surface area contributed by atoms with Gasteiger partial charge in [0.15, 0.2) is 5.78 Å². The van der Waals surface area contributed by atoms with Crippen LogP contribution in [-0.4, -0.2) is 33.8 Å². The van der Waals surface area contributed by atoms with Crippen LogP contribution in [0.2, 0.25) is 0 Å². The van der Waals surface area contributed by atoms with E-state index >= 15 is 0 Å². The maximum Gasteiger partial charge on any atom is 0.159 e. The number of ketones is 1. The first-order valence-electron chi connectivity index (χ1n) is 5.14. The normalized spacial score (nSPS) is 14.5. The molecule has 1 aromatic carbocycles. The number of aliphatic hydroxyl groups excluding tert-OH is 3. The molecule has 0 aromatic heterocycles. The summed E-state index contributed by atoms with van der Waals surface area (Å²) in [5, 5.41) is 27.9. The summed E-state index contributed by atoms with van der Waals surface area (Å²) in [5.74, 6) is -0.0919. The molecular weight excluding hydrogens is 208 g/mol. The van der Waals surface area contributed by atoms with Crippen LogP contribution >= 0.6 is 0 Å². The van der Waals surface area contributed by atoms with Gasteiger partial charge in [-0.1, -0.05) is 18.2 Å². The van der Waals surface area contributed by atoms with Gasteiger partial charge in [-0.25, -0.2) is 0 Å². The van der Waals surface area contributed by atoms with E-state index in [4.69, 9.17) is 5.11 Å². The Balaban J connectivity index is 2.86. The van der Waals surface area contributed by atoms with Crippen LogP contribution in [0.5, 0.6) is 0 Å². The molecule has 16 heavy (non-hydrogen) atoms. The van der Waals surface area contributed by atoms with Gasteiger partial charge in [0.2, 0.25) is 0 Å². The van der Waals surface area contributed by atoms with Crippen molar-refractivity contribution < 1.29 is 20.1 Å². The molecule has 0 amide bonds. The quantitative estimate of drug-likeness (QED) is 0.642. The fraction of sp³-hybridized carbons (Fsp3) is 0.417. The van der Waals surface area contributed by atoms with Gasteiger partial charge in [0.05, 0.1) is 6.10 Å². The third kappa shape index (κ3) is 3.13. The van der Waals surface area contributed by atoms with Crippen molar-refractivity contribution in [1.82, 2.24) is 0 Å². The van der Waals surface area contributed by atoms with Crippen molar-refractivity contribution in [2.75, 3.05) is 6.61 Å². The zero-order valence-electron chi connectivity index (χ0n) is 9.13. The summed E-state index contributed by atoms with van der Waals surface area (Å²) in [5.41, 5.74) is 0.974. The standard InChI is InChI=1S/C12H16O4/c1-8(14)9-3-2-4-10(7-9)12(16)11(15)5-6-13/h2-4,7,11-13,15-16H,5-6H2,1H3. The summed E-state index contributed by atoms with van der Waals surface area (Å²) in [6.45, 7) is 1.25. The highest BCUT2D eigenvalue weighted by Gasteiger charge is 2.18. The number of Topliss-reactive ketones (excluding diaryl/α,β-unsaturated/α-hetero) is 1. The van der Waals surface area contributed by atoms with Crippen LogP contribution in [0, 0.1) is 0 Å². The minimum absolute atomic E-state index is 0.0919. The number of carbonyl (C=O) groups excluding carboxylic acids is 1. The molecular formula is C12H16O4. The second kappa shape index (κ2) is 5.75. The zero-order valence-corrected chi connectivity index (χ0v) is 9.13. The molecule has 4 heteroatoms. The lowest BCUT2D eigenvalue weighted by Crippen LogP contribution is -2.19. The van der Waals surface area contributed by atoms with Crippen LogP contribution in [0.3, 0.4) is 0 Å². The van der Waals surface area contributed by atoms with Gasteiger partial charge in [-0.05, 0) is 25.0 Å².